The highest BCUT2D eigenvalue weighted by atomic mass is 16.1. The summed E-state index contributed by atoms with van der Waals surface area (Å²) in [6, 6.07) is 7.20. The Kier molecular flexibility index (Phi) is 5.51. The van der Waals surface area contributed by atoms with Gasteiger partial charge in [-0.05, 0) is 30.7 Å². The van der Waals surface area contributed by atoms with Crippen LogP contribution in [0.3, 0.4) is 0 Å². The van der Waals surface area contributed by atoms with Crippen molar-refractivity contribution in [3.8, 4) is 6.07 Å². The third-order valence-corrected chi connectivity index (χ3v) is 4.19. The maximum absolute atomic E-state index is 12.9. The van der Waals surface area contributed by atoms with Crippen LogP contribution in [0.2, 0.25) is 0 Å². The highest BCUT2D eigenvalue weighted by Crippen LogP contribution is 2.26. The molecule has 0 saturated heterocycles. The molecule has 0 unspecified atom stereocenters. The van der Waals surface area contributed by atoms with Crippen molar-refractivity contribution in [3.63, 3.8) is 0 Å². The van der Waals surface area contributed by atoms with E-state index < -0.39 is 5.91 Å². The molecule has 146 valence electrons. The SMILES string of the molecule is C=C(C)c1c(C#N)cncc1C(=O)Nc1ccc(C=N)c(Nc2cnn(C)c2)c1.[HH]. The van der Waals surface area contributed by atoms with Gasteiger partial charge in [0.05, 0.1) is 23.0 Å². The molecule has 8 nitrogen and oxygen atoms in total. The zero-order valence-electron chi connectivity index (χ0n) is 16.0. The minimum absolute atomic E-state index is 0. The summed E-state index contributed by atoms with van der Waals surface area (Å²) in [7, 11) is 1.81. The van der Waals surface area contributed by atoms with Crippen LogP contribution in [0.25, 0.3) is 5.57 Å². The molecule has 0 aliphatic rings. The topological polar surface area (TPSA) is 119 Å². The first-order chi connectivity index (χ1) is 13.9. The lowest BCUT2D eigenvalue weighted by Gasteiger charge is -2.13. The van der Waals surface area contributed by atoms with Crippen LogP contribution in [-0.2, 0) is 7.05 Å². The highest BCUT2D eigenvalue weighted by Gasteiger charge is 2.17. The van der Waals surface area contributed by atoms with Gasteiger partial charge in [0.2, 0.25) is 0 Å². The summed E-state index contributed by atoms with van der Waals surface area (Å²) in [6.45, 7) is 5.61. The number of rotatable bonds is 6. The van der Waals surface area contributed by atoms with Crippen molar-refractivity contribution in [3.05, 3.63) is 71.8 Å². The maximum atomic E-state index is 12.9. The Labute approximate surface area is 169 Å². The van der Waals surface area contributed by atoms with Crippen LogP contribution in [-0.4, -0.2) is 26.9 Å². The summed E-state index contributed by atoms with van der Waals surface area (Å²) in [5.41, 5.74) is 4.24. The van der Waals surface area contributed by atoms with Crippen LogP contribution < -0.4 is 10.6 Å². The predicted octanol–water partition coefficient (Wildman–Crippen LogP) is 3.96. The van der Waals surface area contributed by atoms with Gasteiger partial charge in [0.25, 0.3) is 5.91 Å². The molecule has 2 heterocycles. The van der Waals surface area contributed by atoms with Crippen molar-refractivity contribution in [1.82, 2.24) is 14.8 Å². The monoisotopic (exact) mass is 387 g/mol. The molecule has 0 aliphatic carbocycles. The van der Waals surface area contributed by atoms with Crippen LogP contribution in [0.5, 0.6) is 0 Å². The van der Waals surface area contributed by atoms with E-state index in [-0.39, 0.29) is 6.99 Å². The first-order valence-corrected chi connectivity index (χ1v) is 8.68. The number of aryl methyl sites for hydroxylation is 1. The number of carbonyl (C=O) groups is 1. The first kappa shape index (κ1) is 19.5. The second kappa shape index (κ2) is 8.19. The Morgan fingerprint density at radius 1 is 1.34 bits per heavy atom. The Morgan fingerprint density at radius 2 is 2.14 bits per heavy atom. The van der Waals surface area contributed by atoms with E-state index in [0.717, 1.165) is 5.69 Å². The highest BCUT2D eigenvalue weighted by molar-refractivity contribution is 6.08. The maximum Gasteiger partial charge on any atom is 0.257 e. The van der Waals surface area contributed by atoms with Crippen LogP contribution in [0.15, 0.2) is 49.6 Å². The van der Waals surface area contributed by atoms with Gasteiger partial charge in [-0.25, -0.2) is 0 Å². The average Bonchev–Trinajstić information content (AvgIpc) is 3.12. The van der Waals surface area contributed by atoms with Crippen LogP contribution in [0.1, 0.15) is 35.4 Å². The van der Waals surface area contributed by atoms with Crippen LogP contribution in [0.4, 0.5) is 17.1 Å². The van der Waals surface area contributed by atoms with Crippen LogP contribution in [0, 0.1) is 16.7 Å². The lowest BCUT2D eigenvalue weighted by Crippen LogP contribution is -2.15. The first-order valence-electron chi connectivity index (χ1n) is 8.68. The molecular formula is C21H21N7O. The van der Waals surface area contributed by atoms with E-state index in [9.17, 15) is 10.1 Å². The average molecular weight is 387 g/mol. The number of allylic oxidation sites excluding steroid dienone is 1. The Balaban J connectivity index is 0.00000320. The minimum atomic E-state index is -0.400. The van der Waals surface area contributed by atoms with Gasteiger partial charge in [-0.2, -0.15) is 10.4 Å². The van der Waals surface area contributed by atoms with Gasteiger partial charge in [-0.3, -0.25) is 14.5 Å². The van der Waals surface area contributed by atoms with E-state index in [1.54, 1.807) is 42.2 Å². The number of hydrogen-bond acceptors (Lipinski definition) is 6. The molecule has 3 N–H and O–H groups in total. The number of anilines is 3. The molecule has 0 spiro atoms. The quantitative estimate of drug-likeness (QED) is 0.553. The zero-order chi connectivity index (χ0) is 21.0. The van der Waals surface area contributed by atoms with Crippen molar-refractivity contribution >= 4 is 34.8 Å². The fourth-order valence-corrected chi connectivity index (χ4v) is 2.89. The van der Waals surface area contributed by atoms with E-state index in [0.29, 0.717) is 33.6 Å². The summed E-state index contributed by atoms with van der Waals surface area (Å²) in [5, 5.41) is 27.0. The third-order valence-electron chi connectivity index (χ3n) is 4.19. The largest absolute Gasteiger partial charge is 0.352 e. The molecule has 0 bridgehead atoms. The summed E-state index contributed by atoms with van der Waals surface area (Å²) < 4.78 is 1.66. The Hall–Kier alpha value is -4.25. The molecule has 3 aromatic rings. The number of carbonyl (C=O) groups excluding carboxylic acids is 1. The van der Waals surface area contributed by atoms with Gasteiger partial charge in [-0.1, -0.05) is 6.58 Å². The second-order valence-corrected chi connectivity index (χ2v) is 6.43. The molecule has 1 aromatic carbocycles. The molecule has 29 heavy (non-hydrogen) atoms. The van der Waals surface area contributed by atoms with Crippen molar-refractivity contribution in [2.24, 2.45) is 7.05 Å². The van der Waals surface area contributed by atoms with Crippen molar-refractivity contribution in [2.45, 2.75) is 6.92 Å². The minimum Gasteiger partial charge on any atom is -0.352 e. The molecule has 2 aromatic heterocycles. The standard InChI is InChI=1S/C21H19N7O.H2/c1-13(2)20-15(8-23)9-24-11-18(20)21(29)27-16-5-4-14(7-22)19(6-16)26-17-10-25-28(3)12-17;/h4-7,9-12,22,26H,1H2,2-3H3,(H,27,29);1H. The van der Waals surface area contributed by atoms with Crippen molar-refractivity contribution in [1.29, 1.82) is 10.7 Å². The number of hydrogen-bond donors (Lipinski definition) is 3. The molecule has 0 aliphatic heterocycles. The van der Waals surface area contributed by atoms with Gasteiger partial charge in [0.1, 0.15) is 6.07 Å². The zero-order valence-corrected chi connectivity index (χ0v) is 16.0. The van der Waals surface area contributed by atoms with Crippen molar-refractivity contribution < 1.29 is 6.22 Å². The van der Waals surface area contributed by atoms with Gasteiger partial charge in [0, 0.05) is 55.8 Å². The fourth-order valence-electron chi connectivity index (χ4n) is 2.89. The van der Waals surface area contributed by atoms with Crippen LogP contribution >= 0.6 is 0 Å². The van der Waals surface area contributed by atoms with Gasteiger partial charge >= 0.3 is 0 Å². The van der Waals surface area contributed by atoms with Crippen molar-refractivity contribution in [2.75, 3.05) is 10.6 Å². The smallest absolute Gasteiger partial charge is 0.257 e. The lowest BCUT2D eigenvalue weighted by molar-refractivity contribution is 0.102. The number of benzene rings is 1. The number of nitrogens with one attached hydrogen (secondary N) is 3. The summed E-state index contributed by atoms with van der Waals surface area (Å²) >= 11 is 0. The molecule has 8 heteroatoms. The summed E-state index contributed by atoms with van der Waals surface area (Å²) in [5.74, 6) is -0.400. The molecule has 0 saturated carbocycles. The number of aromatic nitrogens is 3. The van der Waals surface area contributed by atoms with E-state index in [4.69, 9.17) is 5.41 Å². The third kappa shape index (κ3) is 4.20. The normalized spacial score (nSPS) is 10.1. The summed E-state index contributed by atoms with van der Waals surface area (Å²) in [6.07, 6.45) is 7.52. The molecule has 0 radical (unpaired) electrons. The number of nitriles is 1. The molecule has 0 atom stereocenters. The van der Waals surface area contributed by atoms with E-state index >= 15 is 0 Å². The Bertz CT molecular complexity index is 1160. The lowest BCUT2D eigenvalue weighted by atomic mass is 9.98. The van der Waals surface area contributed by atoms with Gasteiger partial charge in [0.15, 0.2) is 0 Å². The number of nitrogens with zero attached hydrogens (tertiary/aromatic N) is 4. The number of amides is 1. The number of pyridine rings is 1. The van der Waals surface area contributed by atoms with E-state index in [1.165, 1.54) is 18.6 Å². The molecule has 1 amide bonds. The summed E-state index contributed by atoms with van der Waals surface area (Å²) in [4.78, 5) is 16.8. The van der Waals surface area contributed by atoms with Gasteiger partial charge < -0.3 is 16.0 Å². The predicted molar refractivity (Wildman–Crippen MR) is 115 cm³/mol. The fraction of sp³-hybridized carbons (Fsp3) is 0.0952. The molecular weight excluding hydrogens is 366 g/mol. The Morgan fingerprint density at radius 3 is 2.76 bits per heavy atom. The van der Waals surface area contributed by atoms with Gasteiger partial charge in [-0.15, -0.1) is 0 Å². The molecule has 0 fully saturated rings. The molecule has 3 rings (SSSR count). The van der Waals surface area contributed by atoms with E-state index in [1.807, 2.05) is 13.1 Å². The van der Waals surface area contributed by atoms with E-state index in [2.05, 4.69) is 27.3 Å². The second-order valence-electron chi connectivity index (χ2n) is 6.43.